The molecule has 0 unspecified atom stereocenters. The van der Waals surface area contributed by atoms with E-state index in [4.69, 9.17) is 4.74 Å². The first-order valence-electron chi connectivity index (χ1n) is 5.84. The van der Waals surface area contributed by atoms with Crippen molar-refractivity contribution in [3.63, 3.8) is 0 Å². The van der Waals surface area contributed by atoms with Crippen LogP contribution in [0.2, 0.25) is 0 Å². The molecule has 3 rings (SSSR count). The number of esters is 1. The van der Waals surface area contributed by atoms with Crippen molar-refractivity contribution in [2.45, 2.75) is 5.54 Å². The lowest BCUT2D eigenvalue weighted by atomic mass is 9.89. The number of hydrogen-bond acceptors (Lipinski definition) is 4. The van der Waals surface area contributed by atoms with Gasteiger partial charge in [0.2, 0.25) is 0 Å². The Kier molecular flexibility index (Phi) is 2.74. The first kappa shape index (κ1) is 11.5. The van der Waals surface area contributed by atoms with Crippen LogP contribution in [0.4, 0.5) is 0 Å². The number of carbonyl (C=O) groups is 1. The zero-order valence-electron chi connectivity index (χ0n) is 9.83. The van der Waals surface area contributed by atoms with E-state index in [-0.39, 0.29) is 11.9 Å². The Morgan fingerprint density at radius 2 is 2.22 bits per heavy atom. The summed E-state index contributed by atoms with van der Waals surface area (Å²) in [7, 11) is 0. The number of rotatable bonds is 2. The minimum absolute atomic E-state index is 0.0151. The van der Waals surface area contributed by atoms with Crippen molar-refractivity contribution in [2.24, 2.45) is 10.9 Å². The van der Waals surface area contributed by atoms with E-state index in [1.807, 2.05) is 30.3 Å². The van der Waals surface area contributed by atoms with Crippen molar-refractivity contribution in [1.29, 1.82) is 0 Å². The van der Waals surface area contributed by atoms with Gasteiger partial charge in [0, 0.05) is 17.2 Å². The Bertz CT molecular complexity index is 526. The van der Waals surface area contributed by atoms with Gasteiger partial charge in [0.05, 0.1) is 5.04 Å². The number of cyclic esters (lactones) is 1. The third kappa shape index (κ3) is 1.60. The molecule has 0 amide bonds. The lowest BCUT2D eigenvalue weighted by molar-refractivity contribution is -0.141. The molecule has 18 heavy (non-hydrogen) atoms. The maximum Gasteiger partial charge on any atom is 0.335 e. The predicted molar refractivity (Wildman–Crippen MR) is 72.8 cm³/mol. The van der Waals surface area contributed by atoms with E-state index in [2.05, 4.69) is 11.6 Å². The van der Waals surface area contributed by atoms with Crippen molar-refractivity contribution >= 4 is 22.8 Å². The smallest absolute Gasteiger partial charge is 0.335 e. The molecule has 3 nitrogen and oxygen atoms in total. The summed E-state index contributed by atoms with van der Waals surface area (Å²) in [4.78, 5) is 16.6. The number of aliphatic imine (C=N–C) groups is 1. The summed E-state index contributed by atoms with van der Waals surface area (Å²) in [6.45, 7) is 4.18. The van der Waals surface area contributed by atoms with Crippen LogP contribution in [0.5, 0.6) is 0 Å². The zero-order chi connectivity index (χ0) is 12.6. The van der Waals surface area contributed by atoms with Crippen LogP contribution in [0.3, 0.4) is 0 Å². The fourth-order valence-electron chi connectivity index (χ4n) is 2.29. The van der Waals surface area contributed by atoms with Gasteiger partial charge in [-0.15, -0.1) is 18.3 Å². The molecule has 1 spiro atoms. The van der Waals surface area contributed by atoms with Crippen molar-refractivity contribution in [1.82, 2.24) is 0 Å². The second-order valence-electron chi connectivity index (χ2n) is 4.44. The van der Waals surface area contributed by atoms with Gasteiger partial charge in [-0.25, -0.2) is 4.79 Å². The second kappa shape index (κ2) is 4.28. The van der Waals surface area contributed by atoms with Crippen LogP contribution in [-0.4, -0.2) is 28.9 Å². The molecule has 0 aliphatic carbocycles. The summed E-state index contributed by atoms with van der Waals surface area (Å²) in [5.74, 6) is 0.414. The molecular weight excluding hydrogens is 246 g/mol. The van der Waals surface area contributed by atoms with Gasteiger partial charge in [0.1, 0.15) is 6.61 Å². The van der Waals surface area contributed by atoms with Gasteiger partial charge in [0.25, 0.3) is 0 Å². The topological polar surface area (TPSA) is 38.7 Å². The molecule has 1 saturated heterocycles. The van der Waals surface area contributed by atoms with Crippen LogP contribution in [0.25, 0.3) is 0 Å². The van der Waals surface area contributed by atoms with Crippen molar-refractivity contribution in [2.75, 3.05) is 12.4 Å². The Hall–Kier alpha value is -1.55. The molecule has 2 heterocycles. The number of nitrogens with zero attached hydrogens (tertiary/aromatic N) is 1. The van der Waals surface area contributed by atoms with Gasteiger partial charge in [-0.2, -0.15) is 0 Å². The highest BCUT2D eigenvalue weighted by Gasteiger charge is 2.54. The molecule has 2 atom stereocenters. The SMILES string of the molecule is C=C[C@@H]1COC(=O)[C@]12CSC(c1ccccc1)=N2. The van der Waals surface area contributed by atoms with Gasteiger partial charge < -0.3 is 4.74 Å². The van der Waals surface area contributed by atoms with E-state index in [1.54, 1.807) is 17.8 Å². The molecule has 1 fully saturated rings. The average molecular weight is 259 g/mol. The first-order valence-corrected chi connectivity index (χ1v) is 6.83. The largest absolute Gasteiger partial charge is 0.463 e. The number of ether oxygens (including phenoxy) is 1. The van der Waals surface area contributed by atoms with E-state index in [1.165, 1.54) is 0 Å². The number of hydrogen-bond donors (Lipinski definition) is 0. The van der Waals surface area contributed by atoms with Crippen LogP contribution >= 0.6 is 11.8 Å². The van der Waals surface area contributed by atoms with Gasteiger partial charge >= 0.3 is 5.97 Å². The number of thioether (sulfide) groups is 1. The summed E-state index contributed by atoms with van der Waals surface area (Å²) in [6, 6.07) is 9.93. The van der Waals surface area contributed by atoms with E-state index < -0.39 is 5.54 Å². The summed E-state index contributed by atoms with van der Waals surface area (Å²) < 4.78 is 5.15. The second-order valence-corrected chi connectivity index (χ2v) is 5.40. The molecule has 0 bridgehead atoms. The fourth-order valence-corrected chi connectivity index (χ4v) is 3.57. The Balaban J connectivity index is 2.00. The van der Waals surface area contributed by atoms with Crippen molar-refractivity contribution in [3.8, 4) is 0 Å². The number of carbonyl (C=O) groups excluding carboxylic acids is 1. The molecule has 0 aromatic heterocycles. The predicted octanol–water partition coefficient (Wildman–Crippen LogP) is 2.28. The van der Waals surface area contributed by atoms with Crippen LogP contribution in [0.15, 0.2) is 48.0 Å². The van der Waals surface area contributed by atoms with Gasteiger partial charge in [0.15, 0.2) is 5.54 Å². The molecule has 4 heteroatoms. The van der Waals surface area contributed by atoms with Crippen LogP contribution in [0.1, 0.15) is 5.56 Å². The Morgan fingerprint density at radius 1 is 1.44 bits per heavy atom. The highest BCUT2D eigenvalue weighted by Crippen LogP contribution is 2.41. The van der Waals surface area contributed by atoms with Crippen molar-refractivity contribution in [3.05, 3.63) is 48.6 Å². The Labute approximate surface area is 110 Å². The molecule has 2 aliphatic heterocycles. The minimum atomic E-state index is -0.739. The Morgan fingerprint density at radius 3 is 2.94 bits per heavy atom. The van der Waals surface area contributed by atoms with Gasteiger partial charge in [-0.05, 0) is 0 Å². The van der Waals surface area contributed by atoms with Crippen LogP contribution in [0, 0.1) is 5.92 Å². The maximum atomic E-state index is 12.0. The molecular formula is C14H13NO2S. The van der Waals surface area contributed by atoms with E-state index in [0.717, 1.165) is 10.6 Å². The maximum absolute atomic E-state index is 12.0. The fraction of sp³-hybridized carbons (Fsp3) is 0.286. The number of benzene rings is 1. The molecule has 0 N–H and O–H groups in total. The molecule has 0 saturated carbocycles. The summed E-state index contributed by atoms with van der Waals surface area (Å²) in [5.41, 5.74) is 0.319. The van der Waals surface area contributed by atoms with Crippen LogP contribution < -0.4 is 0 Å². The van der Waals surface area contributed by atoms with E-state index >= 15 is 0 Å². The first-order chi connectivity index (χ1) is 8.76. The van der Waals surface area contributed by atoms with Crippen molar-refractivity contribution < 1.29 is 9.53 Å². The van der Waals surface area contributed by atoms with Crippen LogP contribution in [-0.2, 0) is 9.53 Å². The summed E-state index contributed by atoms with van der Waals surface area (Å²) in [5, 5.41) is 0.918. The minimum Gasteiger partial charge on any atom is -0.463 e. The third-order valence-corrected chi connectivity index (χ3v) is 4.58. The molecule has 1 aromatic rings. The average Bonchev–Trinajstić information content (AvgIpc) is 2.98. The quantitative estimate of drug-likeness (QED) is 0.604. The monoisotopic (exact) mass is 259 g/mol. The highest BCUT2D eigenvalue weighted by atomic mass is 32.2. The molecule has 1 aromatic carbocycles. The molecule has 0 radical (unpaired) electrons. The third-order valence-electron chi connectivity index (χ3n) is 3.40. The van der Waals surface area contributed by atoms with Gasteiger partial charge in [-0.1, -0.05) is 36.4 Å². The van der Waals surface area contributed by atoms with E-state index in [0.29, 0.717) is 12.4 Å². The summed E-state index contributed by atoms with van der Waals surface area (Å²) in [6.07, 6.45) is 1.78. The molecule has 92 valence electrons. The van der Waals surface area contributed by atoms with E-state index in [9.17, 15) is 4.79 Å². The molecule has 2 aliphatic rings. The van der Waals surface area contributed by atoms with Gasteiger partial charge in [-0.3, -0.25) is 4.99 Å². The lowest BCUT2D eigenvalue weighted by Gasteiger charge is -2.18. The zero-order valence-corrected chi connectivity index (χ0v) is 10.7. The lowest BCUT2D eigenvalue weighted by Crippen LogP contribution is -2.38. The summed E-state index contributed by atoms with van der Waals surface area (Å²) >= 11 is 1.62. The standard InChI is InChI=1S/C14H13NO2S/c1-2-11-8-17-13(16)14(11)9-18-12(15-14)10-6-4-3-5-7-10/h2-7,11H,1,8-9H2/t11-,14+/m1/s1. The normalized spacial score (nSPS) is 30.3. The highest BCUT2D eigenvalue weighted by molar-refractivity contribution is 8.14.